The number of rotatable bonds is 1. The van der Waals surface area contributed by atoms with Crippen LogP contribution in [0.2, 0.25) is 5.02 Å². The Kier molecular flexibility index (Phi) is 3.24. The number of alkyl halides is 3. The minimum absolute atomic E-state index is 0.234. The Morgan fingerprint density at radius 2 is 2.00 bits per heavy atom. The van der Waals surface area contributed by atoms with Gasteiger partial charge in [0.25, 0.3) is 0 Å². The summed E-state index contributed by atoms with van der Waals surface area (Å²) in [7, 11) is 0. The van der Waals surface area contributed by atoms with Gasteiger partial charge in [0.15, 0.2) is 5.78 Å². The molecule has 2 nitrogen and oxygen atoms in total. The number of ketones is 1. The zero-order chi connectivity index (χ0) is 12.5. The lowest BCUT2D eigenvalue weighted by Gasteiger charge is -2.10. The lowest BCUT2D eigenvalue weighted by atomic mass is 10.0. The van der Waals surface area contributed by atoms with Crippen molar-refractivity contribution in [1.29, 1.82) is 5.26 Å². The largest absolute Gasteiger partial charge is 0.416 e. The van der Waals surface area contributed by atoms with Crippen molar-refractivity contribution in [3.05, 3.63) is 33.8 Å². The van der Waals surface area contributed by atoms with E-state index in [4.69, 9.17) is 16.9 Å². The molecule has 1 aromatic rings. The SMILES string of the molecule is CC(=O)c1cc(C(F)(F)F)cc(Cl)c1C#N. The summed E-state index contributed by atoms with van der Waals surface area (Å²) < 4.78 is 37.2. The number of Topliss-reactive ketones (excluding diaryl/α,β-unsaturated/α-hetero) is 1. The highest BCUT2D eigenvalue weighted by Crippen LogP contribution is 2.33. The third-order valence-corrected chi connectivity index (χ3v) is 2.21. The molecule has 0 saturated carbocycles. The molecule has 16 heavy (non-hydrogen) atoms. The Bertz CT molecular complexity index is 488. The van der Waals surface area contributed by atoms with Crippen LogP contribution < -0.4 is 0 Å². The van der Waals surface area contributed by atoms with E-state index >= 15 is 0 Å². The molecule has 0 aromatic heterocycles. The summed E-state index contributed by atoms with van der Waals surface area (Å²) >= 11 is 5.51. The van der Waals surface area contributed by atoms with Gasteiger partial charge >= 0.3 is 6.18 Å². The van der Waals surface area contributed by atoms with Gasteiger partial charge in [0.05, 0.1) is 16.1 Å². The van der Waals surface area contributed by atoms with Crippen molar-refractivity contribution in [2.75, 3.05) is 0 Å². The third kappa shape index (κ3) is 2.34. The predicted molar refractivity (Wildman–Crippen MR) is 51.2 cm³/mol. The third-order valence-electron chi connectivity index (χ3n) is 1.91. The predicted octanol–water partition coefficient (Wildman–Crippen LogP) is 3.43. The number of hydrogen-bond donors (Lipinski definition) is 0. The summed E-state index contributed by atoms with van der Waals surface area (Å²) in [4.78, 5) is 11.1. The van der Waals surface area contributed by atoms with Crippen molar-refractivity contribution in [2.24, 2.45) is 0 Å². The van der Waals surface area contributed by atoms with Gasteiger partial charge in [-0.3, -0.25) is 4.79 Å². The van der Waals surface area contributed by atoms with E-state index in [2.05, 4.69) is 0 Å². The molecule has 6 heteroatoms. The standard InChI is InChI=1S/C10H5ClF3NO/c1-5(16)7-2-6(10(12,13)14)3-9(11)8(7)4-15/h2-3H,1H3. The van der Waals surface area contributed by atoms with Crippen LogP contribution in [0.4, 0.5) is 13.2 Å². The molecule has 0 aliphatic rings. The van der Waals surface area contributed by atoms with Crippen molar-refractivity contribution < 1.29 is 18.0 Å². The van der Waals surface area contributed by atoms with Crippen LogP contribution in [0.15, 0.2) is 12.1 Å². The minimum Gasteiger partial charge on any atom is -0.294 e. The van der Waals surface area contributed by atoms with E-state index in [1.54, 1.807) is 6.07 Å². The molecule has 0 radical (unpaired) electrons. The number of nitrogens with zero attached hydrogens (tertiary/aromatic N) is 1. The van der Waals surface area contributed by atoms with E-state index in [-0.39, 0.29) is 16.1 Å². The zero-order valence-electron chi connectivity index (χ0n) is 8.02. The summed E-state index contributed by atoms with van der Waals surface area (Å²) in [6.07, 6.45) is -4.60. The van der Waals surface area contributed by atoms with Gasteiger partial charge in [-0.2, -0.15) is 18.4 Å². The van der Waals surface area contributed by atoms with Crippen molar-refractivity contribution in [2.45, 2.75) is 13.1 Å². The maximum absolute atomic E-state index is 12.4. The van der Waals surface area contributed by atoms with E-state index in [9.17, 15) is 18.0 Å². The molecule has 0 N–H and O–H groups in total. The minimum atomic E-state index is -4.60. The van der Waals surface area contributed by atoms with Gasteiger partial charge in [0, 0.05) is 5.56 Å². The number of carbonyl (C=O) groups excluding carboxylic acids is 1. The molecule has 0 fully saturated rings. The van der Waals surface area contributed by atoms with E-state index in [1.807, 2.05) is 0 Å². The summed E-state index contributed by atoms with van der Waals surface area (Å²) in [5, 5.41) is 8.30. The quantitative estimate of drug-likeness (QED) is 0.714. The summed E-state index contributed by atoms with van der Waals surface area (Å²) in [6.45, 7) is 1.08. The van der Waals surface area contributed by atoms with Crippen molar-refractivity contribution >= 4 is 17.4 Å². The van der Waals surface area contributed by atoms with Gasteiger partial charge in [0.1, 0.15) is 6.07 Å². The van der Waals surface area contributed by atoms with Gasteiger partial charge in [0.2, 0.25) is 0 Å². The van der Waals surface area contributed by atoms with Gasteiger partial charge in [-0.25, -0.2) is 0 Å². The molecular formula is C10H5ClF3NO. The van der Waals surface area contributed by atoms with Gasteiger partial charge in [-0.05, 0) is 19.1 Å². The first-order chi connectivity index (χ1) is 7.27. The lowest BCUT2D eigenvalue weighted by molar-refractivity contribution is -0.137. The highest BCUT2D eigenvalue weighted by atomic mass is 35.5. The molecule has 0 amide bonds. The monoisotopic (exact) mass is 247 g/mol. The Morgan fingerprint density at radius 1 is 1.44 bits per heavy atom. The van der Waals surface area contributed by atoms with Gasteiger partial charge in [-0.15, -0.1) is 0 Å². The van der Waals surface area contributed by atoms with E-state index < -0.39 is 17.5 Å². The first-order valence-corrected chi connectivity index (χ1v) is 4.47. The van der Waals surface area contributed by atoms with Crippen LogP contribution in [0.3, 0.4) is 0 Å². The maximum Gasteiger partial charge on any atom is 0.416 e. The van der Waals surface area contributed by atoms with Crippen molar-refractivity contribution in [1.82, 2.24) is 0 Å². The molecule has 0 unspecified atom stereocenters. The number of hydrogen-bond acceptors (Lipinski definition) is 2. The normalized spacial score (nSPS) is 11.0. The van der Waals surface area contributed by atoms with E-state index in [1.165, 1.54) is 0 Å². The van der Waals surface area contributed by atoms with Crippen LogP contribution in [-0.2, 0) is 6.18 Å². The van der Waals surface area contributed by atoms with E-state index in [0.717, 1.165) is 6.92 Å². The fourth-order valence-electron chi connectivity index (χ4n) is 1.16. The number of nitriles is 1. The molecule has 0 spiro atoms. The Balaban J connectivity index is 3.54. The molecule has 0 aliphatic carbocycles. The zero-order valence-corrected chi connectivity index (χ0v) is 8.78. The van der Waals surface area contributed by atoms with Crippen LogP contribution in [0.5, 0.6) is 0 Å². The van der Waals surface area contributed by atoms with Crippen LogP contribution in [-0.4, -0.2) is 5.78 Å². The van der Waals surface area contributed by atoms with E-state index in [0.29, 0.717) is 12.1 Å². The molecular weight excluding hydrogens is 243 g/mol. The molecule has 0 heterocycles. The van der Waals surface area contributed by atoms with Crippen LogP contribution >= 0.6 is 11.6 Å². The smallest absolute Gasteiger partial charge is 0.294 e. The summed E-state index contributed by atoms with van der Waals surface area (Å²) in [5.41, 5.74) is -1.59. The Labute approximate surface area is 94.2 Å². The van der Waals surface area contributed by atoms with Crippen LogP contribution in [0, 0.1) is 11.3 Å². The number of carbonyl (C=O) groups is 1. The van der Waals surface area contributed by atoms with Crippen molar-refractivity contribution in [3.8, 4) is 6.07 Å². The summed E-state index contributed by atoms with van der Waals surface area (Å²) in [5.74, 6) is -0.635. The van der Waals surface area contributed by atoms with Crippen LogP contribution in [0.25, 0.3) is 0 Å². The van der Waals surface area contributed by atoms with Crippen LogP contribution in [0.1, 0.15) is 28.4 Å². The Morgan fingerprint density at radius 3 is 2.38 bits per heavy atom. The average molecular weight is 248 g/mol. The molecule has 0 aliphatic heterocycles. The number of benzene rings is 1. The second-order valence-corrected chi connectivity index (χ2v) is 3.45. The van der Waals surface area contributed by atoms with Crippen molar-refractivity contribution in [3.63, 3.8) is 0 Å². The Hall–Kier alpha value is -1.54. The molecule has 0 saturated heterocycles. The lowest BCUT2D eigenvalue weighted by Crippen LogP contribution is -2.08. The number of halogens is 4. The molecule has 84 valence electrons. The molecule has 1 aromatic carbocycles. The van der Waals surface area contributed by atoms with Gasteiger partial charge in [-0.1, -0.05) is 11.6 Å². The first kappa shape index (κ1) is 12.5. The summed E-state index contributed by atoms with van der Waals surface area (Å²) in [6, 6.07) is 2.87. The highest BCUT2D eigenvalue weighted by molar-refractivity contribution is 6.32. The second-order valence-electron chi connectivity index (χ2n) is 3.05. The maximum atomic E-state index is 12.4. The fraction of sp³-hybridized carbons (Fsp3) is 0.200. The highest BCUT2D eigenvalue weighted by Gasteiger charge is 2.32. The average Bonchev–Trinajstić information content (AvgIpc) is 2.14. The molecule has 0 atom stereocenters. The first-order valence-electron chi connectivity index (χ1n) is 4.09. The second kappa shape index (κ2) is 4.14. The molecule has 0 bridgehead atoms. The topological polar surface area (TPSA) is 40.9 Å². The fourth-order valence-corrected chi connectivity index (χ4v) is 1.42. The molecule has 1 rings (SSSR count). The van der Waals surface area contributed by atoms with Gasteiger partial charge < -0.3 is 0 Å².